The van der Waals surface area contributed by atoms with Gasteiger partial charge in [-0.2, -0.15) is 18.3 Å². The van der Waals surface area contributed by atoms with Crippen LogP contribution in [0.3, 0.4) is 0 Å². The maximum atomic E-state index is 13.4. The first-order valence-corrected chi connectivity index (χ1v) is 8.56. The zero-order valence-electron chi connectivity index (χ0n) is 14.7. The molecule has 3 aromatic heterocycles. The van der Waals surface area contributed by atoms with E-state index in [0.29, 0.717) is 29.4 Å². The van der Waals surface area contributed by atoms with E-state index < -0.39 is 11.7 Å². The van der Waals surface area contributed by atoms with E-state index in [1.54, 1.807) is 18.3 Å². The van der Waals surface area contributed by atoms with Crippen LogP contribution in [0.25, 0.3) is 22.4 Å². The summed E-state index contributed by atoms with van der Waals surface area (Å²) in [6.07, 6.45) is -2.32. The second-order valence-electron chi connectivity index (χ2n) is 6.06. The molecule has 4 aromatic rings. The van der Waals surface area contributed by atoms with Crippen molar-refractivity contribution in [2.24, 2.45) is 0 Å². The number of rotatable bonds is 4. The molecule has 0 aliphatic heterocycles. The number of anilines is 2. The quantitative estimate of drug-likeness (QED) is 0.531. The molecule has 0 atom stereocenters. The lowest BCUT2D eigenvalue weighted by molar-refractivity contribution is -0.137. The van der Waals surface area contributed by atoms with Crippen LogP contribution in [0.2, 0.25) is 0 Å². The molecule has 0 radical (unpaired) electrons. The predicted octanol–water partition coefficient (Wildman–Crippen LogP) is 4.74. The highest BCUT2D eigenvalue weighted by atomic mass is 19.4. The zero-order chi connectivity index (χ0) is 19.7. The molecule has 9 heteroatoms. The largest absolute Gasteiger partial charge is 0.417 e. The fourth-order valence-corrected chi connectivity index (χ4v) is 2.86. The van der Waals surface area contributed by atoms with Crippen molar-refractivity contribution in [2.45, 2.75) is 19.5 Å². The van der Waals surface area contributed by atoms with Crippen molar-refractivity contribution in [2.75, 3.05) is 5.32 Å². The number of aromatic amines is 1. The van der Waals surface area contributed by atoms with E-state index in [2.05, 4.69) is 30.5 Å². The van der Waals surface area contributed by atoms with Crippen LogP contribution < -0.4 is 5.32 Å². The Morgan fingerprint density at radius 1 is 1.07 bits per heavy atom. The van der Waals surface area contributed by atoms with E-state index in [4.69, 9.17) is 0 Å². The average molecular weight is 384 g/mol. The topological polar surface area (TPSA) is 79.4 Å². The number of aromatic nitrogens is 5. The minimum Gasteiger partial charge on any atom is -0.323 e. The van der Waals surface area contributed by atoms with Crippen molar-refractivity contribution in [3.05, 3.63) is 59.9 Å². The molecule has 3 heterocycles. The first kappa shape index (κ1) is 17.9. The Labute approximate surface area is 157 Å². The normalized spacial score (nSPS) is 11.7. The highest BCUT2D eigenvalue weighted by molar-refractivity contribution is 5.88. The van der Waals surface area contributed by atoms with Gasteiger partial charge in [0.25, 0.3) is 0 Å². The summed E-state index contributed by atoms with van der Waals surface area (Å²) < 4.78 is 40.2. The lowest BCUT2D eigenvalue weighted by Crippen LogP contribution is -2.09. The van der Waals surface area contributed by atoms with Gasteiger partial charge in [0.15, 0.2) is 17.3 Å². The molecule has 0 fully saturated rings. The minimum atomic E-state index is -4.50. The lowest BCUT2D eigenvalue weighted by Gasteiger charge is -2.13. The molecule has 0 bridgehead atoms. The number of H-pyrrole nitrogens is 1. The Balaban J connectivity index is 1.80. The molecule has 0 spiro atoms. The SMILES string of the molecule is CCc1cc(Nc2n[nH]c3ncccc23)nc(-c2ccccc2C(F)(F)F)n1. The molecular formula is C19H15F3N6. The minimum absolute atomic E-state index is 0.00717. The maximum Gasteiger partial charge on any atom is 0.417 e. The Hall–Kier alpha value is -3.49. The molecule has 0 aliphatic rings. The molecule has 0 aliphatic carbocycles. The second kappa shape index (κ2) is 6.91. The number of pyridine rings is 1. The van der Waals surface area contributed by atoms with E-state index in [1.807, 2.05) is 13.0 Å². The van der Waals surface area contributed by atoms with Gasteiger partial charge >= 0.3 is 6.18 Å². The van der Waals surface area contributed by atoms with Gasteiger partial charge in [-0.15, -0.1) is 0 Å². The van der Waals surface area contributed by atoms with Gasteiger partial charge in [0.05, 0.1) is 10.9 Å². The summed E-state index contributed by atoms with van der Waals surface area (Å²) in [5.74, 6) is 0.850. The van der Waals surface area contributed by atoms with Crippen LogP contribution in [-0.2, 0) is 12.6 Å². The van der Waals surface area contributed by atoms with Gasteiger partial charge in [-0.1, -0.05) is 25.1 Å². The zero-order valence-corrected chi connectivity index (χ0v) is 14.7. The number of fused-ring (bicyclic) bond motifs is 1. The Bertz CT molecular complexity index is 1140. The van der Waals surface area contributed by atoms with Gasteiger partial charge in [-0.05, 0) is 24.6 Å². The molecular weight excluding hydrogens is 369 g/mol. The van der Waals surface area contributed by atoms with E-state index in [9.17, 15) is 13.2 Å². The third-order valence-corrected chi connectivity index (χ3v) is 4.20. The van der Waals surface area contributed by atoms with Crippen molar-refractivity contribution in [1.29, 1.82) is 0 Å². The molecule has 1 aromatic carbocycles. The molecule has 6 nitrogen and oxygen atoms in total. The molecule has 28 heavy (non-hydrogen) atoms. The number of halogens is 3. The number of nitrogens with one attached hydrogen (secondary N) is 2. The molecule has 2 N–H and O–H groups in total. The third kappa shape index (κ3) is 3.38. The molecule has 4 rings (SSSR count). The van der Waals surface area contributed by atoms with Gasteiger partial charge in [-0.25, -0.2) is 15.0 Å². The van der Waals surface area contributed by atoms with Gasteiger partial charge in [-0.3, -0.25) is 5.10 Å². The van der Waals surface area contributed by atoms with Crippen molar-refractivity contribution < 1.29 is 13.2 Å². The standard InChI is InChI=1S/C19H15F3N6/c1-2-11-10-15(26-18-13-7-5-9-23-16(13)27-28-18)25-17(24-11)12-6-3-4-8-14(12)19(20,21)22/h3-10H,2H2,1H3,(H2,23,24,25,26,27,28). The Morgan fingerprint density at radius 2 is 1.89 bits per heavy atom. The van der Waals surface area contributed by atoms with Gasteiger partial charge in [0, 0.05) is 23.5 Å². The number of hydrogen-bond donors (Lipinski definition) is 2. The second-order valence-corrected chi connectivity index (χ2v) is 6.06. The fourth-order valence-electron chi connectivity index (χ4n) is 2.86. The Morgan fingerprint density at radius 3 is 2.68 bits per heavy atom. The van der Waals surface area contributed by atoms with Crippen molar-refractivity contribution in [3.63, 3.8) is 0 Å². The molecule has 0 saturated carbocycles. The summed E-state index contributed by atoms with van der Waals surface area (Å²) >= 11 is 0. The van der Waals surface area contributed by atoms with E-state index in [0.717, 1.165) is 11.5 Å². The van der Waals surface area contributed by atoms with Crippen LogP contribution in [0.15, 0.2) is 48.7 Å². The lowest BCUT2D eigenvalue weighted by atomic mass is 10.1. The summed E-state index contributed by atoms with van der Waals surface area (Å²) in [7, 11) is 0. The summed E-state index contributed by atoms with van der Waals surface area (Å²) in [6, 6.07) is 10.6. The predicted molar refractivity (Wildman–Crippen MR) is 99.0 cm³/mol. The summed E-state index contributed by atoms with van der Waals surface area (Å²) in [5.41, 5.74) is 0.366. The van der Waals surface area contributed by atoms with Crippen molar-refractivity contribution in [3.8, 4) is 11.4 Å². The van der Waals surface area contributed by atoms with Crippen LogP contribution in [0.1, 0.15) is 18.2 Å². The van der Waals surface area contributed by atoms with Crippen molar-refractivity contribution >= 4 is 22.7 Å². The summed E-state index contributed by atoms with van der Waals surface area (Å²) in [5, 5.41) is 10.8. The first-order chi connectivity index (χ1) is 13.5. The highest BCUT2D eigenvalue weighted by Crippen LogP contribution is 2.36. The number of nitrogens with zero attached hydrogens (tertiary/aromatic N) is 4. The van der Waals surface area contributed by atoms with Crippen molar-refractivity contribution in [1.82, 2.24) is 25.1 Å². The highest BCUT2D eigenvalue weighted by Gasteiger charge is 2.34. The smallest absolute Gasteiger partial charge is 0.323 e. The summed E-state index contributed by atoms with van der Waals surface area (Å²) in [6.45, 7) is 1.87. The third-order valence-electron chi connectivity index (χ3n) is 4.20. The maximum absolute atomic E-state index is 13.4. The van der Waals surface area contributed by atoms with Crippen LogP contribution in [0, 0.1) is 0 Å². The van der Waals surface area contributed by atoms with E-state index in [1.165, 1.54) is 18.2 Å². The summed E-state index contributed by atoms with van der Waals surface area (Å²) in [4.78, 5) is 12.8. The molecule has 142 valence electrons. The van der Waals surface area contributed by atoms with Crippen LogP contribution >= 0.6 is 0 Å². The van der Waals surface area contributed by atoms with Crippen LogP contribution in [-0.4, -0.2) is 25.1 Å². The van der Waals surface area contributed by atoms with Crippen LogP contribution in [0.4, 0.5) is 24.8 Å². The van der Waals surface area contributed by atoms with Crippen LogP contribution in [0.5, 0.6) is 0 Å². The van der Waals surface area contributed by atoms with E-state index >= 15 is 0 Å². The van der Waals surface area contributed by atoms with Gasteiger partial charge in [0.1, 0.15) is 5.82 Å². The van der Waals surface area contributed by atoms with E-state index in [-0.39, 0.29) is 11.4 Å². The molecule has 0 amide bonds. The number of hydrogen-bond acceptors (Lipinski definition) is 5. The number of aryl methyl sites for hydroxylation is 1. The molecule has 0 unspecified atom stereocenters. The Kier molecular flexibility index (Phi) is 4.42. The monoisotopic (exact) mass is 384 g/mol. The van der Waals surface area contributed by atoms with Gasteiger partial charge < -0.3 is 5.32 Å². The number of benzene rings is 1. The van der Waals surface area contributed by atoms with Gasteiger partial charge in [0.2, 0.25) is 0 Å². The average Bonchev–Trinajstić information content (AvgIpc) is 3.10. The number of alkyl halides is 3. The fraction of sp³-hybridized carbons (Fsp3) is 0.158. The molecule has 0 saturated heterocycles. The first-order valence-electron chi connectivity index (χ1n) is 8.56.